The Morgan fingerprint density at radius 2 is 1.77 bits per heavy atom. The fourth-order valence-corrected chi connectivity index (χ4v) is 3.05. The first kappa shape index (κ1) is 18.2. The van der Waals surface area contributed by atoms with Crippen LogP contribution in [0.5, 0.6) is 0 Å². The number of alkyl halides is 3. The third-order valence-corrected chi connectivity index (χ3v) is 4.16. The third-order valence-electron chi connectivity index (χ3n) is 4.16. The van der Waals surface area contributed by atoms with E-state index in [1.54, 1.807) is 29.8 Å². The lowest BCUT2D eigenvalue weighted by molar-refractivity contribution is -0.137. The fourth-order valence-electron chi connectivity index (χ4n) is 3.05. The van der Waals surface area contributed by atoms with Gasteiger partial charge in [-0.1, -0.05) is 26.8 Å². The summed E-state index contributed by atoms with van der Waals surface area (Å²) in [6.45, 7) is 6.59. The van der Waals surface area contributed by atoms with Crippen LogP contribution in [0.15, 0.2) is 41.3 Å². The predicted molar refractivity (Wildman–Crippen MR) is 94.9 cm³/mol. The van der Waals surface area contributed by atoms with E-state index in [0.717, 1.165) is 6.07 Å². The number of fused-ring (bicyclic) bond motifs is 1. The topological polar surface area (TPSA) is 39.8 Å². The van der Waals surface area contributed by atoms with Gasteiger partial charge in [-0.2, -0.15) is 13.2 Å². The lowest BCUT2D eigenvalue weighted by Gasteiger charge is -2.18. The molecule has 0 N–H and O–H groups in total. The normalized spacial score (nSPS) is 12.7. The lowest BCUT2D eigenvalue weighted by atomic mass is 9.97. The summed E-state index contributed by atoms with van der Waals surface area (Å²) in [5.41, 5.74) is 0.368. The summed E-state index contributed by atoms with van der Waals surface area (Å²) in [7, 11) is 1.62. The summed E-state index contributed by atoms with van der Waals surface area (Å²) in [5.74, 6) is 0. The molecular weight excluding hydrogens is 343 g/mol. The molecule has 1 aromatic carbocycles. The van der Waals surface area contributed by atoms with Gasteiger partial charge >= 0.3 is 11.9 Å². The van der Waals surface area contributed by atoms with E-state index in [1.165, 1.54) is 16.8 Å². The van der Waals surface area contributed by atoms with E-state index >= 15 is 0 Å². The Labute approximate surface area is 148 Å². The molecule has 0 radical (unpaired) electrons. The molecule has 0 saturated carbocycles. The molecule has 3 aromatic rings. The molecule has 2 aromatic heterocycles. The maximum atomic E-state index is 13.3. The van der Waals surface area contributed by atoms with Crippen LogP contribution < -0.4 is 5.69 Å². The average molecular weight is 363 g/mol. The van der Waals surface area contributed by atoms with Crippen molar-refractivity contribution in [3.8, 4) is 11.3 Å². The minimum atomic E-state index is -4.50. The van der Waals surface area contributed by atoms with Gasteiger partial charge in [0.2, 0.25) is 0 Å². The Morgan fingerprint density at radius 1 is 1.08 bits per heavy atom. The first-order valence-corrected chi connectivity index (χ1v) is 8.21. The monoisotopic (exact) mass is 363 g/mol. The molecule has 2 heterocycles. The van der Waals surface area contributed by atoms with E-state index in [-0.39, 0.29) is 16.8 Å². The van der Waals surface area contributed by atoms with Crippen LogP contribution in [-0.4, -0.2) is 14.1 Å². The third kappa shape index (κ3) is 3.25. The van der Waals surface area contributed by atoms with Gasteiger partial charge in [0.1, 0.15) is 0 Å². The minimum absolute atomic E-state index is 0.110. The summed E-state index contributed by atoms with van der Waals surface area (Å²) >= 11 is 0. The van der Waals surface area contributed by atoms with Crippen molar-refractivity contribution in [3.05, 3.63) is 52.6 Å². The van der Waals surface area contributed by atoms with Gasteiger partial charge in [0, 0.05) is 25.4 Å². The van der Waals surface area contributed by atoms with Crippen LogP contribution in [0.4, 0.5) is 13.2 Å². The standard InChI is InChI=1S/C19H20F3N3O/c1-18(2,3)11-25-14-8-7-12(10-15(14)24(4)17(25)26)16-13(19(20,21)22)6-5-9-23-16/h5-10H,11H2,1-4H3. The fraction of sp³-hybridized carbons (Fsp3) is 0.368. The molecule has 0 aliphatic rings. The molecule has 0 bridgehead atoms. The van der Waals surface area contributed by atoms with Gasteiger partial charge in [0.15, 0.2) is 0 Å². The second-order valence-electron chi connectivity index (χ2n) is 7.59. The number of halogens is 3. The maximum absolute atomic E-state index is 13.3. The van der Waals surface area contributed by atoms with Crippen molar-refractivity contribution >= 4 is 11.0 Å². The van der Waals surface area contributed by atoms with Crippen molar-refractivity contribution in [2.75, 3.05) is 0 Å². The summed E-state index contributed by atoms with van der Waals surface area (Å²) in [5, 5.41) is 0. The van der Waals surface area contributed by atoms with E-state index in [2.05, 4.69) is 4.98 Å². The molecule has 7 heteroatoms. The van der Waals surface area contributed by atoms with E-state index in [4.69, 9.17) is 0 Å². The van der Waals surface area contributed by atoms with Crippen LogP contribution >= 0.6 is 0 Å². The number of hydrogen-bond donors (Lipinski definition) is 0. The summed E-state index contributed by atoms with van der Waals surface area (Å²) in [6, 6.07) is 7.13. The number of nitrogens with zero attached hydrogens (tertiary/aromatic N) is 3. The zero-order valence-electron chi connectivity index (χ0n) is 15.1. The number of hydrogen-bond acceptors (Lipinski definition) is 2. The zero-order valence-corrected chi connectivity index (χ0v) is 15.1. The quantitative estimate of drug-likeness (QED) is 0.674. The molecule has 0 atom stereocenters. The largest absolute Gasteiger partial charge is 0.418 e. The van der Waals surface area contributed by atoms with Crippen LogP contribution in [-0.2, 0) is 19.8 Å². The van der Waals surface area contributed by atoms with Gasteiger partial charge < -0.3 is 0 Å². The second kappa shape index (κ2) is 6.00. The molecule has 0 saturated heterocycles. The highest BCUT2D eigenvalue weighted by Crippen LogP contribution is 2.36. The van der Waals surface area contributed by atoms with Gasteiger partial charge in [0.25, 0.3) is 0 Å². The number of aryl methyl sites for hydroxylation is 1. The Hall–Kier alpha value is -2.57. The number of rotatable bonds is 2. The molecule has 0 unspecified atom stereocenters. The molecule has 0 aliphatic heterocycles. The number of aromatic nitrogens is 3. The van der Waals surface area contributed by atoms with Crippen LogP contribution in [0.25, 0.3) is 22.3 Å². The van der Waals surface area contributed by atoms with Crippen molar-refractivity contribution in [1.29, 1.82) is 0 Å². The van der Waals surface area contributed by atoms with Gasteiger partial charge in [0.05, 0.1) is 22.3 Å². The summed E-state index contributed by atoms with van der Waals surface area (Å²) < 4.78 is 43.0. The van der Waals surface area contributed by atoms with Crippen molar-refractivity contribution in [2.24, 2.45) is 12.5 Å². The molecule has 0 amide bonds. The molecule has 26 heavy (non-hydrogen) atoms. The smallest absolute Gasteiger partial charge is 0.295 e. The average Bonchev–Trinajstić information content (AvgIpc) is 2.77. The van der Waals surface area contributed by atoms with Gasteiger partial charge in [-0.05, 0) is 29.7 Å². The molecule has 4 nitrogen and oxygen atoms in total. The first-order chi connectivity index (χ1) is 12.0. The Morgan fingerprint density at radius 3 is 2.38 bits per heavy atom. The predicted octanol–water partition coefficient (Wildman–Crippen LogP) is 4.47. The van der Waals surface area contributed by atoms with Gasteiger partial charge in [-0.25, -0.2) is 4.79 Å². The first-order valence-electron chi connectivity index (χ1n) is 8.21. The van der Waals surface area contributed by atoms with E-state index in [0.29, 0.717) is 23.1 Å². The highest BCUT2D eigenvalue weighted by Gasteiger charge is 2.34. The van der Waals surface area contributed by atoms with Crippen LogP contribution in [0.2, 0.25) is 0 Å². The second-order valence-corrected chi connectivity index (χ2v) is 7.59. The van der Waals surface area contributed by atoms with E-state index < -0.39 is 11.7 Å². The number of pyridine rings is 1. The number of benzene rings is 1. The van der Waals surface area contributed by atoms with Gasteiger partial charge in [-0.15, -0.1) is 0 Å². The molecule has 3 rings (SSSR count). The number of imidazole rings is 1. The van der Waals surface area contributed by atoms with Crippen molar-refractivity contribution in [1.82, 2.24) is 14.1 Å². The summed E-state index contributed by atoms with van der Waals surface area (Å²) in [6.07, 6.45) is -3.17. The van der Waals surface area contributed by atoms with E-state index in [1.807, 2.05) is 20.8 Å². The molecule has 0 aliphatic carbocycles. The zero-order chi connectivity index (χ0) is 19.3. The molecule has 138 valence electrons. The molecule has 0 fully saturated rings. The van der Waals surface area contributed by atoms with Gasteiger partial charge in [-0.3, -0.25) is 14.1 Å². The SMILES string of the molecule is Cn1c(=O)n(CC(C)(C)C)c2ccc(-c3ncccc3C(F)(F)F)cc21. The Balaban J connectivity index is 2.22. The van der Waals surface area contributed by atoms with Crippen molar-refractivity contribution in [3.63, 3.8) is 0 Å². The van der Waals surface area contributed by atoms with Crippen LogP contribution in [0, 0.1) is 5.41 Å². The van der Waals surface area contributed by atoms with E-state index in [9.17, 15) is 18.0 Å². The minimum Gasteiger partial charge on any atom is -0.295 e. The Bertz CT molecular complexity index is 1020. The van der Waals surface area contributed by atoms with Crippen molar-refractivity contribution in [2.45, 2.75) is 33.5 Å². The highest BCUT2D eigenvalue weighted by atomic mass is 19.4. The molecular formula is C19H20F3N3O. The molecule has 0 spiro atoms. The maximum Gasteiger partial charge on any atom is 0.418 e. The Kier molecular flexibility index (Phi) is 4.21. The van der Waals surface area contributed by atoms with Crippen LogP contribution in [0.1, 0.15) is 26.3 Å². The highest BCUT2D eigenvalue weighted by molar-refractivity contribution is 5.82. The summed E-state index contributed by atoms with van der Waals surface area (Å²) in [4.78, 5) is 16.5. The lowest BCUT2D eigenvalue weighted by Crippen LogP contribution is -2.27. The van der Waals surface area contributed by atoms with Crippen molar-refractivity contribution < 1.29 is 13.2 Å². The van der Waals surface area contributed by atoms with Crippen LogP contribution in [0.3, 0.4) is 0 Å².